The van der Waals surface area contributed by atoms with Crippen molar-refractivity contribution in [2.75, 3.05) is 6.54 Å². The van der Waals surface area contributed by atoms with Gasteiger partial charge in [0, 0.05) is 31.9 Å². The van der Waals surface area contributed by atoms with Gasteiger partial charge in [0.25, 0.3) is 0 Å². The van der Waals surface area contributed by atoms with Crippen LogP contribution in [-0.4, -0.2) is 17.4 Å². The maximum Gasteiger partial charge on any atom is 0.221 e. The van der Waals surface area contributed by atoms with Crippen molar-refractivity contribution in [1.82, 2.24) is 10.2 Å². The average molecular weight is 228 g/mol. The largest absolute Gasteiger partial charge is 0.369 e. The molecular weight excluding hydrogens is 212 g/mol. The number of hydrogen-bond donors (Lipinski definition) is 1. The molecular formula is C14H16N2O. The van der Waals surface area contributed by atoms with E-state index in [1.54, 1.807) is 0 Å². The number of benzene rings is 1. The van der Waals surface area contributed by atoms with Crippen molar-refractivity contribution in [3.05, 3.63) is 59.9 Å². The van der Waals surface area contributed by atoms with Crippen LogP contribution in [0.5, 0.6) is 0 Å². The Labute approximate surface area is 101 Å². The molecule has 0 bridgehead atoms. The fourth-order valence-electron chi connectivity index (χ4n) is 1.76. The molecule has 1 aromatic carbocycles. The number of nitrogens with one attached hydrogen (secondary N) is 1. The van der Waals surface area contributed by atoms with E-state index < -0.39 is 0 Å². The van der Waals surface area contributed by atoms with E-state index in [9.17, 15) is 4.79 Å². The van der Waals surface area contributed by atoms with E-state index in [2.05, 4.69) is 22.3 Å². The van der Waals surface area contributed by atoms with Crippen molar-refractivity contribution in [1.29, 1.82) is 0 Å². The molecule has 2 rings (SSSR count). The molecule has 1 amide bonds. The fourth-order valence-corrected chi connectivity index (χ4v) is 1.76. The molecule has 1 aliphatic heterocycles. The highest BCUT2D eigenvalue weighted by Gasteiger charge is 2.05. The molecule has 0 radical (unpaired) electrons. The first kappa shape index (κ1) is 11.5. The molecule has 3 heteroatoms. The van der Waals surface area contributed by atoms with Gasteiger partial charge in [0.05, 0.1) is 0 Å². The summed E-state index contributed by atoms with van der Waals surface area (Å²) in [5, 5.41) is 2.77. The van der Waals surface area contributed by atoms with Gasteiger partial charge in [0.2, 0.25) is 5.91 Å². The molecule has 0 saturated carbocycles. The molecule has 0 aromatic heterocycles. The predicted octanol–water partition coefficient (Wildman–Crippen LogP) is 2.04. The number of allylic oxidation sites excluding steroid dienone is 1. The van der Waals surface area contributed by atoms with E-state index in [4.69, 9.17) is 0 Å². The summed E-state index contributed by atoms with van der Waals surface area (Å²) in [6, 6.07) is 10.3. The molecule has 0 unspecified atom stereocenters. The number of amides is 1. The SMILES string of the molecule is CC(=O)NC1=CCN(Cc2ccccc2)C=C1. The lowest BCUT2D eigenvalue weighted by Crippen LogP contribution is -2.25. The summed E-state index contributed by atoms with van der Waals surface area (Å²) in [5.41, 5.74) is 2.16. The Hall–Kier alpha value is -2.03. The third kappa shape index (κ3) is 3.48. The summed E-state index contributed by atoms with van der Waals surface area (Å²) in [6.45, 7) is 3.23. The topological polar surface area (TPSA) is 32.3 Å². The molecule has 1 heterocycles. The number of carbonyl (C=O) groups excluding carboxylic acids is 1. The Morgan fingerprint density at radius 2 is 2.12 bits per heavy atom. The Morgan fingerprint density at radius 1 is 1.35 bits per heavy atom. The molecule has 17 heavy (non-hydrogen) atoms. The molecule has 0 fully saturated rings. The van der Waals surface area contributed by atoms with Crippen molar-refractivity contribution < 1.29 is 4.79 Å². The van der Waals surface area contributed by atoms with E-state index in [0.717, 1.165) is 18.8 Å². The second-order valence-electron chi connectivity index (χ2n) is 4.07. The highest BCUT2D eigenvalue weighted by Crippen LogP contribution is 2.09. The van der Waals surface area contributed by atoms with Gasteiger partial charge in [-0.25, -0.2) is 0 Å². The van der Waals surface area contributed by atoms with Crippen LogP contribution in [0.3, 0.4) is 0 Å². The second kappa shape index (κ2) is 5.34. The van der Waals surface area contributed by atoms with Crippen molar-refractivity contribution in [2.45, 2.75) is 13.5 Å². The van der Waals surface area contributed by atoms with E-state index in [-0.39, 0.29) is 5.91 Å². The van der Waals surface area contributed by atoms with Crippen LogP contribution >= 0.6 is 0 Å². The monoisotopic (exact) mass is 228 g/mol. The fraction of sp³-hybridized carbons (Fsp3) is 0.214. The van der Waals surface area contributed by atoms with Gasteiger partial charge in [0.1, 0.15) is 0 Å². The van der Waals surface area contributed by atoms with Crippen LogP contribution in [-0.2, 0) is 11.3 Å². The number of rotatable bonds is 3. The zero-order valence-corrected chi connectivity index (χ0v) is 9.89. The number of nitrogens with zero attached hydrogens (tertiary/aromatic N) is 1. The van der Waals surface area contributed by atoms with Crippen LogP contribution in [0, 0.1) is 0 Å². The van der Waals surface area contributed by atoms with Crippen LogP contribution < -0.4 is 5.32 Å². The summed E-state index contributed by atoms with van der Waals surface area (Å²) >= 11 is 0. The maximum absolute atomic E-state index is 10.9. The zero-order valence-electron chi connectivity index (χ0n) is 9.89. The molecule has 1 aromatic rings. The molecule has 0 saturated heterocycles. The second-order valence-corrected chi connectivity index (χ2v) is 4.07. The molecule has 88 valence electrons. The molecule has 3 nitrogen and oxygen atoms in total. The van der Waals surface area contributed by atoms with Gasteiger partial charge in [-0.3, -0.25) is 4.79 Å². The van der Waals surface area contributed by atoms with Crippen molar-refractivity contribution in [3.63, 3.8) is 0 Å². The van der Waals surface area contributed by atoms with Gasteiger partial charge >= 0.3 is 0 Å². The summed E-state index contributed by atoms with van der Waals surface area (Å²) < 4.78 is 0. The lowest BCUT2D eigenvalue weighted by Gasteiger charge is -2.22. The quantitative estimate of drug-likeness (QED) is 0.858. The minimum absolute atomic E-state index is 0.0302. The molecule has 0 atom stereocenters. The van der Waals surface area contributed by atoms with Gasteiger partial charge in [-0.15, -0.1) is 0 Å². The van der Waals surface area contributed by atoms with Crippen LogP contribution in [0.2, 0.25) is 0 Å². The van der Waals surface area contributed by atoms with Crippen LogP contribution in [0.15, 0.2) is 54.4 Å². The van der Waals surface area contributed by atoms with E-state index in [0.29, 0.717) is 0 Å². The molecule has 0 spiro atoms. The van der Waals surface area contributed by atoms with Crippen molar-refractivity contribution in [3.8, 4) is 0 Å². The first-order valence-electron chi connectivity index (χ1n) is 5.68. The maximum atomic E-state index is 10.9. The summed E-state index contributed by atoms with van der Waals surface area (Å²) in [5.74, 6) is -0.0302. The summed E-state index contributed by atoms with van der Waals surface area (Å²) in [6.07, 6.45) is 5.95. The van der Waals surface area contributed by atoms with Crippen molar-refractivity contribution >= 4 is 5.91 Å². The minimum atomic E-state index is -0.0302. The summed E-state index contributed by atoms with van der Waals surface area (Å²) in [4.78, 5) is 13.1. The lowest BCUT2D eigenvalue weighted by molar-refractivity contribution is -0.118. The summed E-state index contributed by atoms with van der Waals surface area (Å²) in [7, 11) is 0. The average Bonchev–Trinajstić information content (AvgIpc) is 2.32. The normalized spacial score (nSPS) is 14.4. The lowest BCUT2D eigenvalue weighted by atomic mass is 10.2. The Morgan fingerprint density at radius 3 is 2.71 bits per heavy atom. The van der Waals surface area contributed by atoms with Crippen molar-refractivity contribution in [2.24, 2.45) is 0 Å². The Bertz CT molecular complexity index is 449. The Balaban J connectivity index is 1.90. The van der Waals surface area contributed by atoms with Gasteiger partial charge in [-0.2, -0.15) is 0 Å². The first-order valence-corrected chi connectivity index (χ1v) is 5.68. The Kier molecular flexibility index (Phi) is 3.60. The molecule has 0 aliphatic carbocycles. The highest BCUT2D eigenvalue weighted by molar-refractivity contribution is 5.75. The zero-order chi connectivity index (χ0) is 12.1. The predicted molar refractivity (Wildman–Crippen MR) is 67.9 cm³/mol. The third-order valence-electron chi connectivity index (χ3n) is 2.56. The molecule has 1 N–H and O–H groups in total. The van der Waals surface area contributed by atoms with E-state index in [1.165, 1.54) is 12.5 Å². The minimum Gasteiger partial charge on any atom is -0.369 e. The standard InChI is InChI=1S/C14H16N2O/c1-12(17)15-14-7-9-16(10-8-14)11-13-5-3-2-4-6-13/h2-9H,10-11H2,1H3,(H,15,17). The first-order chi connectivity index (χ1) is 8.24. The number of carbonyl (C=O) groups is 1. The van der Waals surface area contributed by atoms with Gasteiger partial charge in [0.15, 0.2) is 0 Å². The van der Waals surface area contributed by atoms with Crippen LogP contribution in [0.1, 0.15) is 12.5 Å². The van der Waals surface area contributed by atoms with E-state index >= 15 is 0 Å². The smallest absolute Gasteiger partial charge is 0.221 e. The van der Waals surface area contributed by atoms with Gasteiger partial charge in [-0.05, 0) is 17.7 Å². The van der Waals surface area contributed by atoms with Gasteiger partial charge < -0.3 is 10.2 Å². The van der Waals surface area contributed by atoms with Crippen LogP contribution in [0.25, 0.3) is 0 Å². The van der Waals surface area contributed by atoms with E-state index in [1.807, 2.05) is 36.6 Å². The third-order valence-corrected chi connectivity index (χ3v) is 2.56. The number of hydrogen-bond acceptors (Lipinski definition) is 2. The molecule has 1 aliphatic rings. The highest BCUT2D eigenvalue weighted by atomic mass is 16.1. The van der Waals surface area contributed by atoms with Crippen LogP contribution in [0.4, 0.5) is 0 Å². The van der Waals surface area contributed by atoms with Gasteiger partial charge in [-0.1, -0.05) is 30.3 Å².